The van der Waals surface area contributed by atoms with Crippen LogP contribution >= 0.6 is 0 Å². The van der Waals surface area contributed by atoms with E-state index in [1.54, 1.807) is 0 Å². The predicted molar refractivity (Wildman–Crippen MR) is 81.5 cm³/mol. The van der Waals surface area contributed by atoms with Crippen molar-refractivity contribution in [3.63, 3.8) is 0 Å². The van der Waals surface area contributed by atoms with Gasteiger partial charge in [-0.05, 0) is 42.2 Å². The van der Waals surface area contributed by atoms with Crippen LogP contribution in [-0.2, 0) is 6.42 Å². The summed E-state index contributed by atoms with van der Waals surface area (Å²) in [7, 11) is 0. The maximum absolute atomic E-state index is 3.53. The van der Waals surface area contributed by atoms with Crippen molar-refractivity contribution in [3.8, 4) is 0 Å². The Hall–Kier alpha value is -0.820. The second-order valence-electron chi connectivity index (χ2n) is 7.02. The minimum absolute atomic E-state index is 0.579. The van der Waals surface area contributed by atoms with Crippen molar-refractivity contribution in [1.29, 1.82) is 0 Å². The zero-order chi connectivity index (χ0) is 13.3. The van der Waals surface area contributed by atoms with Gasteiger partial charge < -0.3 is 5.32 Å². The molecule has 1 aromatic rings. The van der Waals surface area contributed by atoms with Crippen molar-refractivity contribution in [2.45, 2.75) is 51.9 Å². The summed E-state index contributed by atoms with van der Waals surface area (Å²) in [4.78, 5) is 0. The van der Waals surface area contributed by atoms with Crippen LogP contribution in [0.15, 0.2) is 24.3 Å². The highest BCUT2D eigenvalue weighted by Crippen LogP contribution is 2.44. The fraction of sp³-hybridized carbons (Fsp3) is 0.667. The maximum Gasteiger partial charge on any atom is 0.00261 e. The van der Waals surface area contributed by atoms with Crippen LogP contribution in [-0.4, -0.2) is 13.1 Å². The fourth-order valence-corrected chi connectivity index (χ4v) is 3.97. The molecule has 104 valence electrons. The van der Waals surface area contributed by atoms with E-state index in [9.17, 15) is 0 Å². The molecule has 1 aromatic carbocycles. The third-order valence-electron chi connectivity index (χ3n) is 5.38. The van der Waals surface area contributed by atoms with Crippen molar-refractivity contribution in [2.24, 2.45) is 11.3 Å². The zero-order valence-corrected chi connectivity index (χ0v) is 12.4. The Morgan fingerprint density at radius 1 is 1.11 bits per heavy atom. The zero-order valence-electron chi connectivity index (χ0n) is 12.4. The lowest BCUT2D eigenvalue weighted by molar-refractivity contribution is 0.0812. The Kier molecular flexibility index (Phi) is 3.66. The first kappa shape index (κ1) is 13.2. The van der Waals surface area contributed by atoms with E-state index >= 15 is 0 Å². The third-order valence-corrected chi connectivity index (χ3v) is 5.38. The average molecular weight is 257 g/mol. The van der Waals surface area contributed by atoms with Crippen LogP contribution in [0.25, 0.3) is 0 Å². The highest BCUT2D eigenvalue weighted by atomic mass is 15.0. The summed E-state index contributed by atoms with van der Waals surface area (Å²) in [5.74, 6) is 1.61. The minimum Gasteiger partial charge on any atom is -0.315 e. The maximum atomic E-state index is 3.53. The highest BCUT2D eigenvalue weighted by molar-refractivity contribution is 5.26. The second-order valence-corrected chi connectivity index (χ2v) is 7.02. The number of benzene rings is 1. The molecule has 2 aliphatic rings. The van der Waals surface area contributed by atoms with E-state index in [-0.39, 0.29) is 0 Å². The molecule has 1 nitrogen and oxygen atoms in total. The molecule has 1 saturated heterocycles. The molecule has 0 radical (unpaired) electrons. The lowest BCUT2D eigenvalue weighted by Crippen LogP contribution is -2.58. The average Bonchev–Trinajstić information content (AvgIpc) is 2.88. The molecule has 1 heteroatoms. The molecule has 1 aliphatic heterocycles. The van der Waals surface area contributed by atoms with Gasteiger partial charge in [0.1, 0.15) is 0 Å². The quantitative estimate of drug-likeness (QED) is 0.855. The Balaban J connectivity index is 1.72. The number of hydrogen-bond donors (Lipinski definition) is 1. The van der Waals surface area contributed by atoms with Gasteiger partial charge in [-0.15, -0.1) is 0 Å². The molecule has 0 spiro atoms. The van der Waals surface area contributed by atoms with E-state index in [0.29, 0.717) is 11.3 Å². The highest BCUT2D eigenvalue weighted by Gasteiger charge is 2.44. The topological polar surface area (TPSA) is 12.0 Å². The van der Waals surface area contributed by atoms with Crippen molar-refractivity contribution in [2.75, 3.05) is 13.1 Å². The van der Waals surface area contributed by atoms with Gasteiger partial charge in [0.15, 0.2) is 0 Å². The molecule has 0 atom stereocenters. The molecular weight excluding hydrogens is 230 g/mol. The van der Waals surface area contributed by atoms with Crippen LogP contribution in [0.1, 0.15) is 56.6 Å². The van der Waals surface area contributed by atoms with Gasteiger partial charge in [-0.1, -0.05) is 51.0 Å². The second kappa shape index (κ2) is 5.28. The van der Waals surface area contributed by atoms with E-state index in [4.69, 9.17) is 0 Å². The molecule has 3 rings (SSSR count). The molecule has 1 aliphatic carbocycles. The van der Waals surface area contributed by atoms with Gasteiger partial charge in [-0.3, -0.25) is 0 Å². The Bertz CT molecular complexity index is 408. The van der Waals surface area contributed by atoms with Crippen LogP contribution in [0.5, 0.6) is 0 Å². The van der Waals surface area contributed by atoms with Gasteiger partial charge in [0.05, 0.1) is 0 Å². The van der Waals surface area contributed by atoms with Crippen molar-refractivity contribution in [1.82, 2.24) is 5.32 Å². The summed E-state index contributed by atoms with van der Waals surface area (Å²) in [6, 6.07) is 9.39. The lowest BCUT2D eigenvalue weighted by atomic mass is 9.66. The van der Waals surface area contributed by atoms with Crippen LogP contribution < -0.4 is 5.32 Å². The van der Waals surface area contributed by atoms with Gasteiger partial charge in [0.25, 0.3) is 0 Å². The summed E-state index contributed by atoms with van der Waals surface area (Å²) >= 11 is 0. The summed E-state index contributed by atoms with van der Waals surface area (Å²) in [6.45, 7) is 7.02. The van der Waals surface area contributed by atoms with Gasteiger partial charge in [-0.2, -0.15) is 0 Å². The van der Waals surface area contributed by atoms with E-state index in [2.05, 4.69) is 43.4 Å². The minimum atomic E-state index is 0.579. The summed E-state index contributed by atoms with van der Waals surface area (Å²) in [6.07, 6.45) is 7.12. The van der Waals surface area contributed by atoms with Crippen molar-refractivity contribution >= 4 is 0 Å². The summed E-state index contributed by atoms with van der Waals surface area (Å²) in [5.41, 5.74) is 3.58. The predicted octanol–water partition coefficient (Wildman–Crippen LogP) is 4.13. The van der Waals surface area contributed by atoms with Crippen LogP contribution in [0, 0.1) is 11.3 Å². The summed E-state index contributed by atoms with van der Waals surface area (Å²) < 4.78 is 0. The number of hydrogen-bond acceptors (Lipinski definition) is 1. The fourth-order valence-electron chi connectivity index (χ4n) is 3.97. The monoisotopic (exact) mass is 257 g/mol. The number of rotatable bonds is 4. The summed E-state index contributed by atoms with van der Waals surface area (Å²) in [5, 5.41) is 3.53. The van der Waals surface area contributed by atoms with Gasteiger partial charge in [0.2, 0.25) is 0 Å². The molecule has 1 heterocycles. The van der Waals surface area contributed by atoms with Crippen molar-refractivity contribution < 1.29 is 0 Å². The first-order valence-electron chi connectivity index (χ1n) is 7.99. The van der Waals surface area contributed by atoms with Crippen LogP contribution in [0.3, 0.4) is 0 Å². The normalized spacial score (nSPS) is 22.7. The van der Waals surface area contributed by atoms with E-state index in [1.807, 2.05) is 0 Å². The molecule has 1 N–H and O–H groups in total. The van der Waals surface area contributed by atoms with E-state index in [0.717, 1.165) is 5.92 Å². The lowest BCUT2D eigenvalue weighted by Gasteiger charge is -2.48. The molecule has 0 amide bonds. The van der Waals surface area contributed by atoms with E-state index in [1.165, 1.54) is 56.3 Å². The van der Waals surface area contributed by atoms with Gasteiger partial charge >= 0.3 is 0 Å². The Labute approximate surface area is 117 Å². The SMILES string of the molecule is CC(C)c1ccc(CC2(C3CCCC3)CNC2)cc1. The Morgan fingerprint density at radius 2 is 1.74 bits per heavy atom. The largest absolute Gasteiger partial charge is 0.315 e. The molecule has 19 heavy (non-hydrogen) atoms. The smallest absolute Gasteiger partial charge is 0.00261 e. The molecule has 0 aromatic heterocycles. The number of nitrogens with one attached hydrogen (secondary N) is 1. The molecule has 1 saturated carbocycles. The molecular formula is C18H27N. The van der Waals surface area contributed by atoms with E-state index < -0.39 is 0 Å². The molecule has 0 bridgehead atoms. The van der Waals surface area contributed by atoms with Crippen molar-refractivity contribution in [3.05, 3.63) is 35.4 Å². The molecule has 2 fully saturated rings. The van der Waals surface area contributed by atoms with Crippen LogP contribution in [0.2, 0.25) is 0 Å². The van der Waals surface area contributed by atoms with Crippen LogP contribution in [0.4, 0.5) is 0 Å². The third kappa shape index (κ3) is 2.58. The van der Waals surface area contributed by atoms with Gasteiger partial charge in [-0.25, -0.2) is 0 Å². The standard InChI is InChI=1S/C18H27N/c1-14(2)16-9-7-15(8-10-16)11-18(12-19-13-18)17-5-3-4-6-17/h7-10,14,17,19H,3-6,11-13H2,1-2H3. The molecule has 0 unspecified atom stereocenters. The Morgan fingerprint density at radius 3 is 2.21 bits per heavy atom. The van der Waals surface area contributed by atoms with Gasteiger partial charge in [0, 0.05) is 18.5 Å². The first-order valence-corrected chi connectivity index (χ1v) is 7.99. The first-order chi connectivity index (χ1) is 9.20.